The number of pyridine rings is 1. The van der Waals surface area contributed by atoms with Crippen LogP contribution < -0.4 is 15.4 Å². The molecule has 9 heteroatoms. The molecule has 0 saturated carbocycles. The Kier molecular flexibility index (Phi) is 7.30. The molecule has 1 aliphatic rings. The number of oxazole rings is 1. The number of carboxylic acid groups (broad SMARTS) is 1. The van der Waals surface area contributed by atoms with Gasteiger partial charge in [-0.1, -0.05) is 18.2 Å². The number of anilines is 1. The number of nitrogens with one attached hydrogen (secondary N) is 2. The second kappa shape index (κ2) is 11.1. The van der Waals surface area contributed by atoms with Crippen LogP contribution in [0.3, 0.4) is 0 Å². The van der Waals surface area contributed by atoms with E-state index in [9.17, 15) is 14.7 Å². The molecule has 37 heavy (non-hydrogen) atoms. The Hall–Kier alpha value is -4.40. The SMILES string of the molecule is O=C(NC(Cc1ccc(OCCCc2ccc3c(n2)NCCC3)cc1)C(=O)O)c1ccc2ocnc2c1. The summed E-state index contributed by atoms with van der Waals surface area (Å²) in [4.78, 5) is 33.2. The number of nitrogens with zero attached hydrogens (tertiary/aromatic N) is 2. The fourth-order valence-electron chi connectivity index (χ4n) is 4.35. The highest BCUT2D eigenvalue weighted by molar-refractivity contribution is 5.98. The third-order valence-electron chi connectivity index (χ3n) is 6.36. The smallest absolute Gasteiger partial charge is 0.326 e. The minimum atomic E-state index is -1.11. The Balaban J connectivity index is 1.11. The molecule has 0 saturated heterocycles. The predicted octanol–water partition coefficient (Wildman–Crippen LogP) is 4.02. The molecular weight excluding hydrogens is 472 g/mol. The molecule has 5 rings (SSSR count). The predicted molar refractivity (Wildman–Crippen MR) is 138 cm³/mol. The van der Waals surface area contributed by atoms with Crippen LogP contribution in [0.25, 0.3) is 11.1 Å². The van der Waals surface area contributed by atoms with Gasteiger partial charge in [-0.3, -0.25) is 4.79 Å². The monoisotopic (exact) mass is 500 g/mol. The van der Waals surface area contributed by atoms with Gasteiger partial charge in [-0.2, -0.15) is 0 Å². The summed E-state index contributed by atoms with van der Waals surface area (Å²) in [6.07, 6.45) is 5.33. The van der Waals surface area contributed by atoms with Crippen molar-refractivity contribution in [1.29, 1.82) is 0 Å². The largest absolute Gasteiger partial charge is 0.494 e. The van der Waals surface area contributed by atoms with Gasteiger partial charge in [0.15, 0.2) is 12.0 Å². The van der Waals surface area contributed by atoms with Gasteiger partial charge >= 0.3 is 5.97 Å². The van der Waals surface area contributed by atoms with E-state index in [2.05, 4.69) is 27.8 Å². The standard InChI is InChI=1S/C28H28N4O5/c33-27(20-8-12-25-23(16-20)30-17-37-25)32-24(28(34)35)15-18-5-10-22(11-6-18)36-14-2-4-21-9-7-19-3-1-13-29-26(19)31-21/h5-12,16-17,24H,1-4,13-15H2,(H,29,31)(H,32,33)(H,34,35). The summed E-state index contributed by atoms with van der Waals surface area (Å²) < 4.78 is 11.0. The van der Waals surface area contributed by atoms with Crippen molar-refractivity contribution in [3.05, 3.63) is 83.4 Å². The highest BCUT2D eigenvalue weighted by Gasteiger charge is 2.21. The fraction of sp³-hybridized carbons (Fsp3) is 0.286. The maximum absolute atomic E-state index is 12.6. The zero-order valence-corrected chi connectivity index (χ0v) is 20.3. The molecule has 0 bridgehead atoms. The van der Waals surface area contributed by atoms with Crippen LogP contribution in [0, 0.1) is 0 Å². The van der Waals surface area contributed by atoms with Crippen molar-refractivity contribution in [2.24, 2.45) is 0 Å². The number of ether oxygens (including phenoxy) is 1. The van der Waals surface area contributed by atoms with Gasteiger partial charge in [-0.25, -0.2) is 14.8 Å². The molecule has 4 aromatic rings. The number of hydrogen-bond donors (Lipinski definition) is 3. The molecule has 2 aromatic heterocycles. The lowest BCUT2D eigenvalue weighted by Gasteiger charge is -2.17. The molecule has 3 heterocycles. The second-order valence-corrected chi connectivity index (χ2v) is 9.04. The molecule has 0 radical (unpaired) electrons. The van der Waals surface area contributed by atoms with Gasteiger partial charge in [-0.05, 0) is 73.2 Å². The van der Waals surface area contributed by atoms with Gasteiger partial charge in [0.25, 0.3) is 5.91 Å². The maximum atomic E-state index is 12.6. The molecule has 1 amide bonds. The number of carboxylic acids is 1. The number of benzene rings is 2. The first-order valence-corrected chi connectivity index (χ1v) is 12.4. The summed E-state index contributed by atoms with van der Waals surface area (Å²) in [5.74, 6) is 0.122. The molecular formula is C28H28N4O5. The Bertz CT molecular complexity index is 1400. The molecule has 1 aliphatic heterocycles. The van der Waals surface area contributed by atoms with Gasteiger partial charge in [0.1, 0.15) is 23.1 Å². The van der Waals surface area contributed by atoms with E-state index in [1.807, 2.05) is 24.3 Å². The molecule has 0 spiro atoms. The van der Waals surface area contributed by atoms with Crippen LogP contribution in [0.2, 0.25) is 0 Å². The maximum Gasteiger partial charge on any atom is 0.326 e. The third kappa shape index (κ3) is 6.06. The number of fused-ring (bicyclic) bond motifs is 2. The topological polar surface area (TPSA) is 127 Å². The Labute approximate surface area is 213 Å². The molecule has 190 valence electrons. The molecule has 1 unspecified atom stereocenters. The van der Waals surface area contributed by atoms with Crippen LogP contribution in [-0.2, 0) is 24.1 Å². The van der Waals surface area contributed by atoms with Crippen LogP contribution in [0.1, 0.15) is 40.0 Å². The van der Waals surface area contributed by atoms with E-state index in [1.165, 1.54) is 12.0 Å². The highest BCUT2D eigenvalue weighted by Crippen LogP contribution is 2.20. The van der Waals surface area contributed by atoms with E-state index in [0.717, 1.165) is 49.3 Å². The lowest BCUT2D eigenvalue weighted by atomic mass is 10.0. The minimum absolute atomic E-state index is 0.144. The average Bonchev–Trinajstić information content (AvgIpc) is 3.39. The van der Waals surface area contributed by atoms with Gasteiger partial charge in [-0.15, -0.1) is 0 Å². The van der Waals surface area contributed by atoms with Crippen LogP contribution >= 0.6 is 0 Å². The molecule has 2 aromatic carbocycles. The van der Waals surface area contributed by atoms with E-state index >= 15 is 0 Å². The first-order chi connectivity index (χ1) is 18.0. The summed E-state index contributed by atoms with van der Waals surface area (Å²) in [6.45, 7) is 1.53. The van der Waals surface area contributed by atoms with Crippen LogP contribution in [0.4, 0.5) is 5.82 Å². The van der Waals surface area contributed by atoms with Crippen molar-refractivity contribution in [2.75, 3.05) is 18.5 Å². The zero-order valence-electron chi connectivity index (χ0n) is 20.3. The molecule has 3 N–H and O–H groups in total. The second-order valence-electron chi connectivity index (χ2n) is 9.04. The quantitative estimate of drug-likeness (QED) is 0.279. The van der Waals surface area contributed by atoms with Gasteiger partial charge in [0.2, 0.25) is 0 Å². The first-order valence-electron chi connectivity index (χ1n) is 12.4. The number of carbonyl (C=O) groups is 2. The summed E-state index contributed by atoms with van der Waals surface area (Å²) >= 11 is 0. The number of hydrogen-bond acceptors (Lipinski definition) is 7. The van der Waals surface area contributed by atoms with Crippen molar-refractivity contribution in [3.8, 4) is 5.75 Å². The minimum Gasteiger partial charge on any atom is -0.494 e. The highest BCUT2D eigenvalue weighted by atomic mass is 16.5. The zero-order chi connectivity index (χ0) is 25.6. The molecule has 0 aliphatic carbocycles. The van der Waals surface area contributed by atoms with Gasteiger partial charge < -0.3 is 24.9 Å². The molecule has 1 atom stereocenters. The summed E-state index contributed by atoms with van der Waals surface area (Å²) in [7, 11) is 0. The number of amides is 1. The lowest BCUT2D eigenvalue weighted by Crippen LogP contribution is -2.42. The van der Waals surface area contributed by atoms with Crippen molar-refractivity contribution >= 4 is 28.8 Å². The van der Waals surface area contributed by atoms with E-state index in [1.54, 1.807) is 18.2 Å². The van der Waals surface area contributed by atoms with E-state index in [-0.39, 0.29) is 6.42 Å². The Morgan fingerprint density at radius 3 is 2.84 bits per heavy atom. The summed E-state index contributed by atoms with van der Waals surface area (Å²) in [6, 6.07) is 15.2. The number of aryl methyl sites for hydroxylation is 2. The van der Waals surface area contributed by atoms with Gasteiger partial charge in [0, 0.05) is 24.2 Å². The number of carbonyl (C=O) groups excluding carboxylic acids is 1. The van der Waals surface area contributed by atoms with Crippen LogP contribution in [0.15, 0.2) is 65.4 Å². The summed E-state index contributed by atoms with van der Waals surface area (Å²) in [5, 5.41) is 15.6. The van der Waals surface area contributed by atoms with Crippen molar-refractivity contribution in [1.82, 2.24) is 15.3 Å². The fourth-order valence-corrected chi connectivity index (χ4v) is 4.35. The summed E-state index contributed by atoms with van der Waals surface area (Å²) in [5.41, 5.74) is 4.52. The average molecular weight is 501 g/mol. The number of aliphatic carboxylic acids is 1. The van der Waals surface area contributed by atoms with Crippen LogP contribution in [-0.4, -0.2) is 46.1 Å². The van der Waals surface area contributed by atoms with Crippen LogP contribution in [0.5, 0.6) is 5.75 Å². The number of aromatic nitrogens is 2. The Morgan fingerprint density at radius 2 is 2.00 bits per heavy atom. The molecule has 0 fully saturated rings. The first kappa shape index (κ1) is 24.3. The van der Waals surface area contributed by atoms with Crippen molar-refractivity contribution in [2.45, 2.75) is 38.1 Å². The normalized spacial score (nSPS) is 13.4. The Morgan fingerprint density at radius 1 is 1.14 bits per heavy atom. The van der Waals surface area contributed by atoms with Crippen molar-refractivity contribution in [3.63, 3.8) is 0 Å². The van der Waals surface area contributed by atoms with E-state index in [4.69, 9.17) is 14.1 Å². The van der Waals surface area contributed by atoms with E-state index < -0.39 is 17.9 Å². The number of rotatable bonds is 10. The third-order valence-corrected chi connectivity index (χ3v) is 6.36. The molecule has 9 nitrogen and oxygen atoms in total. The van der Waals surface area contributed by atoms with E-state index in [0.29, 0.717) is 29.0 Å². The van der Waals surface area contributed by atoms with Gasteiger partial charge in [0.05, 0.1) is 6.61 Å². The lowest BCUT2D eigenvalue weighted by molar-refractivity contribution is -0.139. The van der Waals surface area contributed by atoms with Crippen molar-refractivity contribution < 1.29 is 23.8 Å².